The number of likely N-dealkylation sites (tertiary alicyclic amines) is 1. The Labute approximate surface area is 201 Å². The van der Waals surface area contributed by atoms with Gasteiger partial charge in [0, 0.05) is 20.4 Å². The number of carbonyl (C=O) groups excluding carboxylic acids is 4. The number of benzene rings is 1. The fourth-order valence-electron chi connectivity index (χ4n) is 5.05. The van der Waals surface area contributed by atoms with Crippen molar-refractivity contribution in [2.45, 2.75) is 36.0 Å². The number of imide groups is 1. The Bertz CT molecular complexity index is 941. The minimum Gasteiger partial charge on any atom is -0.454 e. The second-order valence-corrected chi connectivity index (χ2v) is 10.8. The SMILES string of the molecule is Cc1c(Cl)cccc1NC(=O)COC(=O)[C@H](C)N1C(=O)[C@@H]2[C@H]3C[C@@H]([C@H](Br)[C@@H]3Br)[C@@H]2C1=O. The van der Waals surface area contributed by atoms with Crippen molar-refractivity contribution in [3.8, 4) is 0 Å². The third-order valence-corrected chi connectivity index (χ3v) is 10.3. The monoisotopic (exact) mass is 574 g/mol. The molecule has 3 amide bonds. The van der Waals surface area contributed by atoms with E-state index in [1.54, 1.807) is 25.1 Å². The van der Waals surface area contributed by atoms with Crippen LogP contribution in [0.2, 0.25) is 5.02 Å². The van der Waals surface area contributed by atoms with Gasteiger partial charge in [0.05, 0.1) is 11.8 Å². The summed E-state index contributed by atoms with van der Waals surface area (Å²) >= 11 is 13.3. The molecule has 0 radical (unpaired) electrons. The number of fused-ring (bicyclic) bond motifs is 5. The first-order valence-electron chi connectivity index (χ1n) is 10.00. The topological polar surface area (TPSA) is 92.8 Å². The summed E-state index contributed by atoms with van der Waals surface area (Å²) in [5, 5.41) is 3.14. The highest BCUT2D eigenvalue weighted by molar-refractivity contribution is 9.12. The van der Waals surface area contributed by atoms with E-state index in [0.717, 1.165) is 11.3 Å². The Kier molecular flexibility index (Phi) is 6.22. The first-order chi connectivity index (χ1) is 14.6. The summed E-state index contributed by atoms with van der Waals surface area (Å²) in [6.07, 6.45) is 0.814. The van der Waals surface area contributed by atoms with Crippen molar-refractivity contribution in [2.24, 2.45) is 23.7 Å². The van der Waals surface area contributed by atoms with Crippen molar-refractivity contribution in [3.63, 3.8) is 0 Å². The molecule has 0 unspecified atom stereocenters. The largest absolute Gasteiger partial charge is 0.454 e. The molecule has 0 spiro atoms. The molecule has 0 aromatic heterocycles. The number of esters is 1. The maximum absolute atomic E-state index is 13.0. The van der Waals surface area contributed by atoms with Crippen LogP contribution in [0.1, 0.15) is 18.9 Å². The average molecular weight is 577 g/mol. The molecule has 4 rings (SSSR count). The summed E-state index contributed by atoms with van der Waals surface area (Å²) < 4.78 is 5.10. The van der Waals surface area contributed by atoms with Crippen molar-refractivity contribution in [3.05, 3.63) is 28.8 Å². The summed E-state index contributed by atoms with van der Waals surface area (Å²) in [6.45, 7) is 2.68. The van der Waals surface area contributed by atoms with Crippen LogP contribution in [0.4, 0.5) is 5.69 Å². The highest BCUT2D eigenvalue weighted by Gasteiger charge is 2.67. The first-order valence-corrected chi connectivity index (χ1v) is 12.2. The van der Waals surface area contributed by atoms with Gasteiger partial charge in [0.15, 0.2) is 6.61 Å². The quantitative estimate of drug-likeness (QED) is 0.330. The fraction of sp³-hybridized carbons (Fsp3) is 0.524. The molecule has 31 heavy (non-hydrogen) atoms. The zero-order chi connectivity index (χ0) is 22.6. The van der Waals surface area contributed by atoms with Gasteiger partial charge in [-0.25, -0.2) is 4.79 Å². The van der Waals surface area contributed by atoms with Crippen molar-refractivity contribution in [1.82, 2.24) is 4.90 Å². The molecular formula is C21H21Br2ClN2O5. The van der Waals surface area contributed by atoms with E-state index in [9.17, 15) is 19.2 Å². The molecule has 1 heterocycles. The zero-order valence-corrected chi connectivity index (χ0v) is 20.7. The maximum atomic E-state index is 13.0. The zero-order valence-electron chi connectivity index (χ0n) is 16.8. The van der Waals surface area contributed by atoms with Gasteiger partial charge in [-0.2, -0.15) is 0 Å². The van der Waals surface area contributed by atoms with Gasteiger partial charge in [-0.15, -0.1) is 0 Å². The number of alkyl halides is 2. The van der Waals surface area contributed by atoms with Gasteiger partial charge in [-0.3, -0.25) is 19.3 Å². The lowest BCUT2D eigenvalue weighted by molar-refractivity contribution is -0.159. The van der Waals surface area contributed by atoms with E-state index >= 15 is 0 Å². The van der Waals surface area contributed by atoms with Crippen LogP contribution in [-0.4, -0.2) is 50.9 Å². The van der Waals surface area contributed by atoms with Gasteiger partial charge < -0.3 is 10.1 Å². The third-order valence-electron chi connectivity index (χ3n) is 6.64. The number of carbonyl (C=O) groups is 4. The van der Waals surface area contributed by atoms with E-state index in [4.69, 9.17) is 16.3 Å². The van der Waals surface area contributed by atoms with Crippen LogP contribution < -0.4 is 5.32 Å². The molecule has 1 aromatic rings. The van der Waals surface area contributed by atoms with E-state index < -0.39 is 36.4 Å². The Hall–Kier alpha value is -1.45. The Balaban J connectivity index is 1.38. The Morgan fingerprint density at radius 1 is 1.19 bits per heavy atom. The van der Waals surface area contributed by atoms with Crippen LogP contribution in [-0.2, 0) is 23.9 Å². The molecular weight excluding hydrogens is 556 g/mol. The van der Waals surface area contributed by atoms with E-state index in [2.05, 4.69) is 37.2 Å². The second kappa shape index (κ2) is 8.48. The number of ether oxygens (including phenoxy) is 1. The lowest BCUT2D eigenvalue weighted by Gasteiger charge is -2.28. The molecule has 2 aliphatic carbocycles. The molecule has 3 aliphatic rings. The first kappa shape index (κ1) is 22.7. The second-order valence-electron chi connectivity index (χ2n) is 8.29. The van der Waals surface area contributed by atoms with E-state index in [1.807, 2.05) is 0 Å². The van der Waals surface area contributed by atoms with Gasteiger partial charge >= 0.3 is 5.97 Å². The minimum absolute atomic E-state index is 0.0655. The molecule has 1 N–H and O–H groups in total. The Morgan fingerprint density at radius 2 is 1.77 bits per heavy atom. The molecule has 7 nitrogen and oxygen atoms in total. The Morgan fingerprint density at radius 3 is 2.35 bits per heavy atom. The number of rotatable bonds is 5. The van der Waals surface area contributed by atoms with Crippen LogP contribution in [0.15, 0.2) is 18.2 Å². The van der Waals surface area contributed by atoms with Gasteiger partial charge in [-0.05, 0) is 49.8 Å². The number of nitrogens with one attached hydrogen (secondary N) is 1. The van der Waals surface area contributed by atoms with E-state index in [-0.39, 0.29) is 33.3 Å². The van der Waals surface area contributed by atoms with Crippen LogP contribution in [0.25, 0.3) is 0 Å². The van der Waals surface area contributed by atoms with Crippen molar-refractivity contribution in [1.29, 1.82) is 0 Å². The minimum atomic E-state index is -1.09. The fourth-order valence-corrected chi connectivity index (χ4v) is 7.09. The smallest absolute Gasteiger partial charge is 0.329 e. The van der Waals surface area contributed by atoms with Crippen LogP contribution in [0.3, 0.4) is 0 Å². The van der Waals surface area contributed by atoms with Crippen LogP contribution in [0.5, 0.6) is 0 Å². The third kappa shape index (κ3) is 3.72. The lowest BCUT2D eigenvalue weighted by atomic mass is 9.81. The van der Waals surface area contributed by atoms with Crippen molar-refractivity contribution in [2.75, 3.05) is 11.9 Å². The summed E-state index contributed by atoms with van der Waals surface area (Å²) in [6, 6.07) is 4.00. The van der Waals surface area contributed by atoms with Crippen molar-refractivity contribution >= 4 is 72.8 Å². The maximum Gasteiger partial charge on any atom is 0.329 e. The number of halogens is 3. The summed E-state index contributed by atoms with van der Waals surface area (Å²) in [5.74, 6) is -2.65. The number of anilines is 1. The highest BCUT2D eigenvalue weighted by Crippen LogP contribution is 2.60. The number of amides is 3. The van der Waals surface area contributed by atoms with Gasteiger partial charge in [0.25, 0.3) is 5.91 Å². The molecule has 3 fully saturated rings. The standard InChI is InChI=1S/C21H21Br2ClN2O5/c1-8-12(24)4-3-5-13(8)25-14(27)7-31-21(30)9(2)26-19(28)15-10-6-11(16(15)20(26)29)18(23)17(10)22/h3-5,9-11,15-18H,6-7H2,1-2H3,(H,25,27)/t9-,10+,11+,15-,16+,17-,18+/m0/s1. The van der Waals surface area contributed by atoms with Gasteiger partial charge in [0.1, 0.15) is 6.04 Å². The molecule has 1 aromatic carbocycles. The summed E-state index contributed by atoms with van der Waals surface area (Å²) in [4.78, 5) is 52.0. The van der Waals surface area contributed by atoms with E-state index in [0.29, 0.717) is 16.3 Å². The summed E-state index contributed by atoms with van der Waals surface area (Å²) in [7, 11) is 0. The molecule has 166 valence electrons. The molecule has 10 heteroatoms. The summed E-state index contributed by atoms with van der Waals surface area (Å²) in [5.41, 5.74) is 1.21. The van der Waals surface area contributed by atoms with E-state index in [1.165, 1.54) is 6.92 Å². The predicted octanol–water partition coefficient (Wildman–Crippen LogP) is 3.30. The number of hydrogen-bond donors (Lipinski definition) is 1. The number of hydrogen-bond acceptors (Lipinski definition) is 5. The molecule has 2 saturated carbocycles. The molecule has 7 atom stereocenters. The number of nitrogens with zero attached hydrogens (tertiary/aromatic N) is 1. The average Bonchev–Trinajstić information content (AvgIpc) is 3.34. The lowest BCUT2D eigenvalue weighted by Crippen LogP contribution is -2.45. The van der Waals surface area contributed by atoms with Crippen LogP contribution >= 0.6 is 43.5 Å². The van der Waals surface area contributed by atoms with Crippen molar-refractivity contribution < 1.29 is 23.9 Å². The molecule has 1 saturated heterocycles. The van der Waals surface area contributed by atoms with Gasteiger partial charge in [0.2, 0.25) is 11.8 Å². The molecule has 2 bridgehead atoms. The highest BCUT2D eigenvalue weighted by atomic mass is 79.9. The molecule has 1 aliphatic heterocycles. The normalized spacial score (nSPS) is 32.2. The predicted molar refractivity (Wildman–Crippen MR) is 121 cm³/mol. The van der Waals surface area contributed by atoms with Gasteiger partial charge in [-0.1, -0.05) is 49.5 Å². The van der Waals surface area contributed by atoms with Crippen LogP contribution in [0, 0.1) is 30.6 Å².